The van der Waals surface area contributed by atoms with E-state index in [1.165, 1.54) is 0 Å². The van der Waals surface area contributed by atoms with Crippen molar-refractivity contribution in [3.63, 3.8) is 0 Å². The van der Waals surface area contributed by atoms with E-state index in [4.69, 9.17) is 9.47 Å². The third-order valence-electron chi connectivity index (χ3n) is 6.84. The Morgan fingerprint density at radius 2 is 1.87 bits per heavy atom. The summed E-state index contributed by atoms with van der Waals surface area (Å²) in [6.45, 7) is 2.16. The number of hydrogen-bond donors (Lipinski definition) is 1. The second-order valence-electron chi connectivity index (χ2n) is 9.78. The maximum atomic E-state index is 13.1. The number of benzene rings is 2. The number of cyclic esters (lactones) is 1. The van der Waals surface area contributed by atoms with E-state index >= 15 is 0 Å². The zero-order valence-electron chi connectivity index (χ0n) is 22.0. The molecule has 0 aliphatic carbocycles. The number of unbranched alkanes of at least 4 members (excludes halogenated alkanes) is 3. The van der Waals surface area contributed by atoms with Gasteiger partial charge in [0.15, 0.2) is 0 Å². The number of esters is 2. The fourth-order valence-corrected chi connectivity index (χ4v) is 4.92. The lowest BCUT2D eigenvalue weighted by molar-refractivity contribution is -0.190. The van der Waals surface area contributed by atoms with Crippen LogP contribution < -0.4 is 5.32 Å². The van der Waals surface area contributed by atoms with Gasteiger partial charge in [-0.15, -0.1) is 0 Å². The van der Waals surface area contributed by atoms with Crippen molar-refractivity contribution in [1.29, 1.82) is 0 Å². The predicted molar refractivity (Wildman–Crippen MR) is 152 cm³/mol. The zero-order chi connectivity index (χ0) is 27.2. The molecule has 6 nitrogen and oxygen atoms in total. The number of amides is 1. The standard InChI is InChI=1S/C31H38BrNO5/c1-2-3-4-8-15-27-29(38-30(27)35)21-26(14-10-9-11-23-16-18-25(32)19-17-23)37-31(36)28(33-22-34)20-24-12-6-5-7-13-24/h5-7,9,11-13,16-19,22,26-29H,2-4,8,10,14-15,20-21H2,1H3,(H,33,34). The van der Waals surface area contributed by atoms with Crippen LogP contribution in [0.25, 0.3) is 6.08 Å². The van der Waals surface area contributed by atoms with E-state index in [1.54, 1.807) is 0 Å². The van der Waals surface area contributed by atoms with Crippen molar-refractivity contribution in [2.24, 2.45) is 5.92 Å². The van der Waals surface area contributed by atoms with Crippen molar-refractivity contribution >= 4 is 40.4 Å². The highest BCUT2D eigenvalue weighted by atomic mass is 79.9. The first-order valence-corrected chi connectivity index (χ1v) is 14.4. The molecule has 0 aromatic heterocycles. The van der Waals surface area contributed by atoms with E-state index < -0.39 is 18.1 Å². The predicted octanol–water partition coefficient (Wildman–Crippen LogP) is 6.41. The molecule has 1 heterocycles. The van der Waals surface area contributed by atoms with Crippen LogP contribution in [0.4, 0.5) is 0 Å². The molecule has 7 heteroatoms. The topological polar surface area (TPSA) is 81.7 Å². The molecule has 4 unspecified atom stereocenters. The molecule has 1 N–H and O–H groups in total. The van der Waals surface area contributed by atoms with Gasteiger partial charge in [-0.1, -0.05) is 103 Å². The van der Waals surface area contributed by atoms with E-state index in [0.29, 0.717) is 32.1 Å². The summed E-state index contributed by atoms with van der Waals surface area (Å²) in [6.07, 6.45) is 11.2. The molecule has 1 amide bonds. The number of ether oxygens (including phenoxy) is 2. The van der Waals surface area contributed by atoms with Crippen molar-refractivity contribution in [2.75, 3.05) is 0 Å². The molecule has 0 radical (unpaired) electrons. The molecular weight excluding hydrogens is 546 g/mol. The lowest BCUT2D eigenvalue weighted by atomic mass is 9.86. The van der Waals surface area contributed by atoms with E-state index in [1.807, 2.05) is 60.7 Å². The van der Waals surface area contributed by atoms with Crippen molar-refractivity contribution in [3.05, 3.63) is 76.3 Å². The third kappa shape index (κ3) is 9.75. The Hall–Kier alpha value is -2.93. The second-order valence-corrected chi connectivity index (χ2v) is 10.7. The van der Waals surface area contributed by atoms with Crippen LogP contribution in [0.5, 0.6) is 0 Å². The summed E-state index contributed by atoms with van der Waals surface area (Å²) in [7, 11) is 0. The van der Waals surface area contributed by atoms with E-state index in [0.717, 1.165) is 47.7 Å². The van der Waals surface area contributed by atoms with E-state index in [9.17, 15) is 14.4 Å². The lowest BCUT2D eigenvalue weighted by Gasteiger charge is -2.37. The fourth-order valence-electron chi connectivity index (χ4n) is 4.65. The van der Waals surface area contributed by atoms with Crippen molar-refractivity contribution < 1.29 is 23.9 Å². The number of halogens is 1. The molecule has 3 rings (SSSR count). The van der Waals surface area contributed by atoms with Crippen LogP contribution in [0, 0.1) is 5.92 Å². The van der Waals surface area contributed by atoms with Gasteiger partial charge in [-0.05, 0) is 42.5 Å². The average Bonchev–Trinajstić information content (AvgIpc) is 2.91. The first-order valence-electron chi connectivity index (χ1n) is 13.6. The van der Waals surface area contributed by atoms with Crippen LogP contribution in [-0.2, 0) is 30.3 Å². The van der Waals surface area contributed by atoms with Gasteiger partial charge in [0.25, 0.3) is 0 Å². The molecule has 1 saturated heterocycles. The Balaban J connectivity index is 1.63. The molecular formula is C31H38BrNO5. The molecule has 2 aromatic rings. The summed E-state index contributed by atoms with van der Waals surface area (Å²) in [5.74, 6) is -0.774. The summed E-state index contributed by atoms with van der Waals surface area (Å²) in [5.41, 5.74) is 2.01. The van der Waals surface area contributed by atoms with Crippen LogP contribution in [-0.4, -0.2) is 36.6 Å². The summed E-state index contributed by atoms with van der Waals surface area (Å²) in [4.78, 5) is 36.5. The van der Waals surface area contributed by atoms with Gasteiger partial charge >= 0.3 is 11.9 Å². The molecule has 38 heavy (non-hydrogen) atoms. The molecule has 1 aliphatic rings. The monoisotopic (exact) mass is 583 g/mol. The molecule has 0 saturated carbocycles. The zero-order valence-corrected chi connectivity index (χ0v) is 23.6. The number of hydrogen-bond acceptors (Lipinski definition) is 5. The number of carbonyl (C=O) groups is 3. The maximum Gasteiger partial charge on any atom is 0.329 e. The van der Waals surface area contributed by atoms with Crippen LogP contribution in [0.15, 0.2) is 65.1 Å². The largest absolute Gasteiger partial charge is 0.461 e. The maximum absolute atomic E-state index is 13.1. The molecule has 2 aromatic carbocycles. The molecule has 204 valence electrons. The summed E-state index contributed by atoms with van der Waals surface area (Å²) in [5, 5.41) is 2.61. The minimum atomic E-state index is -0.788. The van der Waals surface area contributed by atoms with Crippen molar-refractivity contribution in [3.8, 4) is 0 Å². The number of nitrogens with one attached hydrogen (secondary N) is 1. The quantitative estimate of drug-likeness (QED) is 0.132. The van der Waals surface area contributed by atoms with Gasteiger partial charge in [0.05, 0.1) is 5.92 Å². The smallest absolute Gasteiger partial charge is 0.329 e. The second kappa shape index (κ2) is 16.1. The summed E-state index contributed by atoms with van der Waals surface area (Å²) in [6, 6.07) is 16.7. The van der Waals surface area contributed by atoms with Crippen LogP contribution >= 0.6 is 15.9 Å². The summed E-state index contributed by atoms with van der Waals surface area (Å²) >= 11 is 3.44. The normalized spacial score (nSPS) is 18.3. The van der Waals surface area contributed by atoms with E-state index in [-0.39, 0.29) is 18.0 Å². The van der Waals surface area contributed by atoms with Gasteiger partial charge in [-0.3, -0.25) is 9.59 Å². The first-order chi connectivity index (χ1) is 18.5. The van der Waals surface area contributed by atoms with Crippen molar-refractivity contribution in [1.82, 2.24) is 5.32 Å². The highest BCUT2D eigenvalue weighted by Gasteiger charge is 2.43. The van der Waals surface area contributed by atoms with Gasteiger partial charge < -0.3 is 14.8 Å². The number of allylic oxidation sites excluding steroid dienone is 1. The minimum Gasteiger partial charge on any atom is -0.461 e. The molecule has 0 bridgehead atoms. The van der Waals surface area contributed by atoms with Crippen LogP contribution in [0.2, 0.25) is 0 Å². The Morgan fingerprint density at radius 3 is 2.55 bits per heavy atom. The third-order valence-corrected chi connectivity index (χ3v) is 7.37. The van der Waals surface area contributed by atoms with Gasteiger partial charge in [0.2, 0.25) is 6.41 Å². The van der Waals surface area contributed by atoms with Gasteiger partial charge in [0.1, 0.15) is 18.2 Å². The Labute approximate surface area is 234 Å². The van der Waals surface area contributed by atoms with Gasteiger partial charge in [-0.2, -0.15) is 0 Å². The number of rotatable bonds is 17. The lowest BCUT2D eigenvalue weighted by Crippen LogP contribution is -2.48. The highest BCUT2D eigenvalue weighted by Crippen LogP contribution is 2.32. The van der Waals surface area contributed by atoms with E-state index in [2.05, 4.69) is 34.2 Å². The SMILES string of the molecule is CCCCCCC1C(=O)OC1CC(CCC=Cc1ccc(Br)cc1)OC(=O)C(Cc1ccccc1)NC=O. The van der Waals surface area contributed by atoms with Crippen molar-refractivity contribution in [2.45, 2.75) is 83.0 Å². The average molecular weight is 585 g/mol. The van der Waals surface area contributed by atoms with Gasteiger partial charge in [0, 0.05) is 17.3 Å². The highest BCUT2D eigenvalue weighted by molar-refractivity contribution is 9.10. The van der Waals surface area contributed by atoms with Gasteiger partial charge in [-0.25, -0.2) is 4.79 Å². The molecule has 0 spiro atoms. The van der Waals surface area contributed by atoms with Crippen LogP contribution in [0.3, 0.4) is 0 Å². The Kier molecular flexibility index (Phi) is 12.6. The Bertz CT molecular complexity index is 1040. The van der Waals surface area contributed by atoms with Crippen LogP contribution in [0.1, 0.15) is 69.4 Å². The Morgan fingerprint density at radius 1 is 1.11 bits per heavy atom. The molecule has 1 aliphatic heterocycles. The first kappa shape index (κ1) is 29.6. The minimum absolute atomic E-state index is 0.139. The fraction of sp³-hybridized carbons (Fsp3) is 0.452. The molecule has 1 fully saturated rings. The summed E-state index contributed by atoms with van der Waals surface area (Å²) < 4.78 is 12.5. The number of carbonyl (C=O) groups excluding carboxylic acids is 3. The molecule has 4 atom stereocenters.